The first kappa shape index (κ1) is 32.7. The van der Waals surface area contributed by atoms with Gasteiger partial charge in [0, 0.05) is 39.1 Å². The zero-order valence-electron chi connectivity index (χ0n) is 26.2. The molecule has 2 fully saturated rings. The van der Waals surface area contributed by atoms with E-state index in [1.807, 2.05) is 36.4 Å². The molecule has 2 aromatic rings. The molecule has 1 saturated heterocycles. The zero-order chi connectivity index (χ0) is 30.1. The van der Waals surface area contributed by atoms with Gasteiger partial charge in [-0.05, 0) is 53.6 Å². The van der Waals surface area contributed by atoms with Crippen molar-refractivity contribution in [3.63, 3.8) is 0 Å². The number of ketones is 2. The van der Waals surface area contributed by atoms with Crippen LogP contribution in [0, 0.1) is 5.92 Å². The van der Waals surface area contributed by atoms with Gasteiger partial charge in [-0.15, -0.1) is 11.6 Å². The number of nitrogens with zero attached hydrogens (tertiary/aromatic N) is 2. The largest absolute Gasteiger partial charge is 0.494 e. The summed E-state index contributed by atoms with van der Waals surface area (Å²) in [7, 11) is 2.18. The van der Waals surface area contributed by atoms with Crippen molar-refractivity contribution in [1.82, 2.24) is 9.80 Å². The van der Waals surface area contributed by atoms with Crippen molar-refractivity contribution < 1.29 is 14.3 Å². The van der Waals surface area contributed by atoms with E-state index < -0.39 is 11.8 Å². The van der Waals surface area contributed by atoms with Gasteiger partial charge in [0.1, 0.15) is 11.5 Å². The number of Topliss-reactive ketones (excluding diaryl/α,β-unsaturated/α-hetero) is 2. The Kier molecular flexibility index (Phi) is 12.1. The Morgan fingerprint density at radius 1 is 0.905 bits per heavy atom. The molecule has 0 aromatic heterocycles. The van der Waals surface area contributed by atoms with E-state index in [0.717, 1.165) is 74.4 Å². The van der Waals surface area contributed by atoms with E-state index in [2.05, 4.69) is 49.8 Å². The second-order valence-corrected chi connectivity index (χ2v) is 13.8. The molecule has 2 aromatic carbocycles. The minimum Gasteiger partial charge on any atom is -0.494 e. The molecular weight excluding hydrogens is 544 g/mol. The normalized spacial score (nSPS) is 18.9. The number of halogens is 1. The summed E-state index contributed by atoms with van der Waals surface area (Å²) in [5.41, 5.74) is 2.81. The van der Waals surface area contributed by atoms with Crippen molar-refractivity contribution >= 4 is 23.2 Å². The highest BCUT2D eigenvalue weighted by molar-refractivity contribution is 6.28. The number of alkyl halides is 1. The highest BCUT2D eigenvalue weighted by atomic mass is 35.5. The summed E-state index contributed by atoms with van der Waals surface area (Å²) < 4.78 is 6.09. The number of benzene rings is 2. The van der Waals surface area contributed by atoms with Crippen LogP contribution in [0.4, 0.5) is 0 Å². The molecule has 2 aliphatic rings. The minimum atomic E-state index is -0.615. The predicted molar refractivity (Wildman–Crippen MR) is 173 cm³/mol. The molecule has 6 heteroatoms. The van der Waals surface area contributed by atoms with Crippen molar-refractivity contribution in [2.75, 3.05) is 52.3 Å². The van der Waals surface area contributed by atoms with Crippen LogP contribution in [0.15, 0.2) is 48.5 Å². The third-order valence-electron chi connectivity index (χ3n) is 9.21. The van der Waals surface area contributed by atoms with Crippen LogP contribution in [0.3, 0.4) is 0 Å². The van der Waals surface area contributed by atoms with Crippen molar-refractivity contribution in [3.8, 4) is 5.75 Å². The third-order valence-corrected chi connectivity index (χ3v) is 9.47. The zero-order valence-corrected chi connectivity index (χ0v) is 27.0. The number of likely N-dealkylation sites (N-methyl/N-ethyl adjacent to an activating group) is 1. The second-order valence-electron chi connectivity index (χ2n) is 13.5. The number of rotatable bonds is 13. The van der Waals surface area contributed by atoms with Gasteiger partial charge in [-0.25, -0.2) is 0 Å². The van der Waals surface area contributed by atoms with Crippen LogP contribution >= 0.6 is 11.6 Å². The summed E-state index contributed by atoms with van der Waals surface area (Å²) in [6.45, 7) is 12.7. The summed E-state index contributed by atoms with van der Waals surface area (Å²) in [4.78, 5) is 32.6. The molecule has 2 atom stereocenters. The Hall–Kier alpha value is -2.21. The molecule has 1 aliphatic carbocycles. The molecule has 1 heterocycles. The van der Waals surface area contributed by atoms with Crippen molar-refractivity contribution in [1.29, 1.82) is 0 Å². The highest BCUT2D eigenvalue weighted by Crippen LogP contribution is 2.40. The van der Waals surface area contributed by atoms with Gasteiger partial charge in [0.05, 0.1) is 24.3 Å². The summed E-state index contributed by atoms with van der Waals surface area (Å²) in [6.07, 6.45) is 7.28. The SMILES string of the molecule is CN1CCN(CCCOc2ccc(C(C(=O)CC3CCCCC3)C(C(=O)CCl)c3cccc(C(C)(C)C)c3)cc2)CC1. The monoisotopic (exact) mass is 594 g/mol. The number of hydrogen-bond donors (Lipinski definition) is 0. The van der Waals surface area contributed by atoms with Crippen LogP contribution in [-0.4, -0.2) is 73.6 Å². The van der Waals surface area contributed by atoms with Crippen LogP contribution in [0.5, 0.6) is 5.75 Å². The predicted octanol–water partition coefficient (Wildman–Crippen LogP) is 7.22. The Morgan fingerprint density at radius 3 is 2.21 bits per heavy atom. The number of ether oxygens (including phenoxy) is 1. The van der Waals surface area contributed by atoms with E-state index in [-0.39, 0.29) is 22.9 Å². The molecular formula is C36H51ClN2O3. The van der Waals surface area contributed by atoms with E-state index in [4.69, 9.17) is 16.3 Å². The molecule has 1 aliphatic heterocycles. The van der Waals surface area contributed by atoms with Crippen LogP contribution < -0.4 is 4.74 Å². The third kappa shape index (κ3) is 9.14. The lowest BCUT2D eigenvalue weighted by Gasteiger charge is -2.32. The van der Waals surface area contributed by atoms with Crippen molar-refractivity contribution in [2.24, 2.45) is 5.92 Å². The Morgan fingerprint density at radius 2 is 1.57 bits per heavy atom. The van der Waals surface area contributed by atoms with Crippen LogP contribution in [0.1, 0.15) is 94.2 Å². The van der Waals surface area contributed by atoms with E-state index >= 15 is 0 Å². The first-order chi connectivity index (χ1) is 20.2. The van der Waals surface area contributed by atoms with Gasteiger partial charge in [0.25, 0.3) is 0 Å². The number of carbonyl (C=O) groups is 2. The van der Waals surface area contributed by atoms with Crippen LogP contribution in [0.2, 0.25) is 0 Å². The Balaban J connectivity index is 1.54. The molecule has 42 heavy (non-hydrogen) atoms. The average Bonchev–Trinajstić information content (AvgIpc) is 2.99. The topological polar surface area (TPSA) is 49.9 Å². The second kappa shape index (κ2) is 15.5. The lowest BCUT2D eigenvalue weighted by atomic mass is 9.72. The molecule has 2 unspecified atom stereocenters. The van der Waals surface area contributed by atoms with Gasteiger partial charge in [-0.1, -0.05) is 89.3 Å². The number of piperazine rings is 1. The molecule has 0 radical (unpaired) electrons. The Labute approximate surface area is 258 Å². The smallest absolute Gasteiger partial charge is 0.156 e. The van der Waals surface area contributed by atoms with E-state index in [1.54, 1.807) is 0 Å². The van der Waals surface area contributed by atoms with Gasteiger partial charge < -0.3 is 14.5 Å². The molecule has 5 nitrogen and oxygen atoms in total. The van der Waals surface area contributed by atoms with Crippen LogP contribution in [0.25, 0.3) is 0 Å². The average molecular weight is 595 g/mol. The molecule has 0 spiro atoms. The molecule has 4 rings (SSSR count). The lowest BCUT2D eigenvalue weighted by molar-refractivity contribution is -0.126. The first-order valence-electron chi connectivity index (χ1n) is 16.0. The molecule has 1 saturated carbocycles. The van der Waals surface area contributed by atoms with Gasteiger partial charge >= 0.3 is 0 Å². The minimum absolute atomic E-state index is 0.0739. The molecule has 0 N–H and O–H groups in total. The maximum Gasteiger partial charge on any atom is 0.156 e. The maximum absolute atomic E-state index is 14.2. The quantitative estimate of drug-likeness (QED) is 0.181. The van der Waals surface area contributed by atoms with E-state index in [0.29, 0.717) is 18.9 Å². The fourth-order valence-corrected chi connectivity index (χ4v) is 6.70. The van der Waals surface area contributed by atoms with E-state index in [1.165, 1.54) is 19.3 Å². The Bertz CT molecular complexity index is 1140. The lowest BCUT2D eigenvalue weighted by Crippen LogP contribution is -2.44. The number of carbonyl (C=O) groups excluding carboxylic acids is 2. The summed E-state index contributed by atoms with van der Waals surface area (Å²) in [6, 6.07) is 16.1. The van der Waals surface area contributed by atoms with Crippen molar-refractivity contribution in [2.45, 2.75) is 83.0 Å². The summed E-state index contributed by atoms with van der Waals surface area (Å²) >= 11 is 6.23. The van der Waals surface area contributed by atoms with Crippen LogP contribution in [-0.2, 0) is 15.0 Å². The van der Waals surface area contributed by atoms with Gasteiger partial charge in [-0.2, -0.15) is 0 Å². The fourth-order valence-electron chi connectivity index (χ4n) is 6.53. The summed E-state index contributed by atoms with van der Waals surface area (Å²) in [5, 5.41) is 0. The first-order valence-corrected chi connectivity index (χ1v) is 16.5. The van der Waals surface area contributed by atoms with Gasteiger partial charge in [0.15, 0.2) is 5.78 Å². The number of hydrogen-bond acceptors (Lipinski definition) is 5. The van der Waals surface area contributed by atoms with E-state index in [9.17, 15) is 9.59 Å². The standard InChI is InChI=1S/C36H51ClN2O3/c1-36(2,3)30-13-8-12-29(25-30)35(33(41)26-37)34(32(40)24-27-10-6-5-7-11-27)28-14-16-31(17-15-28)42-23-9-18-39-21-19-38(4)20-22-39/h8,12-17,25,27,34-35H,5-7,9-11,18-24,26H2,1-4H3. The van der Waals surface area contributed by atoms with Gasteiger partial charge in [0.2, 0.25) is 0 Å². The van der Waals surface area contributed by atoms with Gasteiger partial charge in [-0.3, -0.25) is 9.59 Å². The highest BCUT2D eigenvalue weighted by Gasteiger charge is 2.37. The molecule has 0 amide bonds. The molecule has 0 bridgehead atoms. The fraction of sp³-hybridized carbons (Fsp3) is 0.611. The van der Waals surface area contributed by atoms with Crippen molar-refractivity contribution in [3.05, 3.63) is 65.2 Å². The summed E-state index contributed by atoms with van der Waals surface area (Å²) in [5.74, 6) is -0.0707. The maximum atomic E-state index is 14.2. The molecule has 230 valence electrons.